The molecule has 0 aliphatic carbocycles. The van der Waals surface area contributed by atoms with Crippen molar-refractivity contribution in [3.63, 3.8) is 0 Å². The van der Waals surface area contributed by atoms with E-state index in [9.17, 15) is 0 Å². The van der Waals surface area contributed by atoms with E-state index >= 15 is 0 Å². The number of nitrogens with one attached hydrogen (secondary N) is 1. The number of imidazole rings is 1. The number of hydrogen-bond acceptors (Lipinski definition) is 4. The summed E-state index contributed by atoms with van der Waals surface area (Å²) >= 11 is 1.71. The van der Waals surface area contributed by atoms with Crippen molar-refractivity contribution in [1.29, 1.82) is 0 Å². The van der Waals surface area contributed by atoms with Crippen LogP contribution in [-0.2, 0) is 6.54 Å². The molecule has 0 radical (unpaired) electrons. The largest absolute Gasteiger partial charge is 0.324 e. The summed E-state index contributed by atoms with van der Waals surface area (Å²) in [6.45, 7) is 8.28. The fourth-order valence-electron chi connectivity index (χ4n) is 1.89. The maximum absolute atomic E-state index is 4.55. The van der Waals surface area contributed by atoms with Crippen LogP contribution in [0.25, 0.3) is 0 Å². The number of hydrogen-bond donors (Lipinski definition) is 1. The third kappa shape index (κ3) is 2.97. The lowest BCUT2D eigenvalue weighted by Crippen LogP contribution is -2.18. The summed E-state index contributed by atoms with van der Waals surface area (Å²) in [5, 5.41) is 6.65. The average molecular weight is 264 g/mol. The van der Waals surface area contributed by atoms with Crippen LogP contribution in [0.15, 0.2) is 17.9 Å². The van der Waals surface area contributed by atoms with Gasteiger partial charge in [-0.25, -0.2) is 9.97 Å². The van der Waals surface area contributed by atoms with Crippen LogP contribution in [0.2, 0.25) is 0 Å². The van der Waals surface area contributed by atoms with Crippen LogP contribution >= 0.6 is 11.3 Å². The van der Waals surface area contributed by atoms with Gasteiger partial charge >= 0.3 is 0 Å². The highest BCUT2D eigenvalue weighted by molar-refractivity contribution is 7.09. The average Bonchev–Trinajstić information content (AvgIpc) is 2.97. The van der Waals surface area contributed by atoms with Gasteiger partial charge in [0.2, 0.25) is 0 Å². The Morgan fingerprint density at radius 2 is 2.33 bits per heavy atom. The molecule has 5 heteroatoms. The highest BCUT2D eigenvalue weighted by atomic mass is 32.1. The summed E-state index contributed by atoms with van der Waals surface area (Å²) in [7, 11) is 0. The van der Waals surface area contributed by atoms with Crippen molar-refractivity contribution in [3.8, 4) is 0 Å². The smallest absolute Gasteiger partial charge is 0.115 e. The first-order chi connectivity index (χ1) is 8.72. The Hall–Kier alpha value is -1.20. The predicted octanol–water partition coefficient (Wildman–Crippen LogP) is 2.76. The summed E-state index contributed by atoms with van der Waals surface area (Å²) in [4.78, 5) is 8.81. The summed E-state index contributed by atoms with van der Waals surface area (Å²) < 4.78 is 2.20. The lowest BCUT2D eigenvalue weighted by Gasteiger charge is -2.14. The van der Waals surface area contributed by atoms with Crippen molar-refractivity contribution in [2.75, 3.05) is 6.54 Å². The van der Waals surface area contributed by atoms with Gasteiger partial charge in [-0.2, -0.15) is 0 Å². The van der Waals surface area contributed by atoms with Crippen LogP contribution in [0, 0.1) is 6.92 Å². The molecule has 2 heterocycles. The lowest BCUT2D eigenvalue weighted by molar-refractivity contribution is 0.571. The quantitative estimate of drug-likeness (QED) is 0.816. The van der Waals surface area contributed by atoms with E-state index in [0.717, 1.165) is 30.2 Å². The molecule has 0 aromatic carbocycles. The van der Waals surface area contributed by atoms with Gasteiger partial charge in [0.25, 0.3) is 0 Å². The van der Waals surface area contributed by atoms with E-state index in [1.165, 1.54) is 5.69 Å². The lowest BCUT2D eigenvalue weighted by atomic mass is 10.3. The van der Waals surface area contributed by atoms with E-state index in [-0.39, 0.29) is 6.04 Å². The molecule has 1 unspecified atom stereocenters. The fraction of sp³-hybridized carbons (Fsp3) is 0.538. The van der Waals surface area contributed by atoms with Gasteiger partial charge in [0.05, 0.1) is 18.1 Å². The van der Waals surface area contributed by atoms with Crippen LogP contribution in [0.1, 0.15) is 42.7 Å². The summed E-state index contributed by atoms with van der Waals surface area (Å²) in [5.74, 6) is 0. The minimum absolute atomic E-state index is 0.254. The Kier molecular flexibility index (Phi) is 4.49. The molecule has 1 atom stereocenters. The zero-order valence-electron chi connectivity index (χ0n) is 11.2. The molecule has 0 saturated carbocycles. The van der Waals surface area contributed by atoms with E-state index in [4.69, 9.17) is 0 Å². The maximum atomic E-state index is 4.55. The van der Waals surface area contributed by atoms with Crippen LogP contribution in [0.5, 0.6) is 0 Å². The number of thiazole rings is 1. The van der Waals surface area contributed by atoms with Gasteiger partial charge < -0.3 is 9.88 Å². The molecule has 18 heavy (non-hydrogen) atoms. The van der Waals surface area contributed by atoms with E-state index in [2.05, 4.69) is 39.1 Å². The molecule has 0 spiro atoms. The van der Waals surface area contributed by atoms with Gasteiger partial charge in [-0.05, 0) is 26.8 Å². The zero-order valence-corrected chi connectivity index (χ0v) is 12.0. The molecule has 0 fully saturated rings. The van der Waals surface area contributed by atoms with E-state index in [1.54, 1.807) is 11.3 Å². The van der Waals surface area contributed by atoms with Gasteiger partial charge in [-0.15, -0.1) is 11.3 Å². The second-order valence-corrected chi connectivity index (χ2v) is 5.36. The molecule has 0 amide bonds. The number of aryl methyl sites for hydroxylation is 1. The molecule has 2 rings (SSSR count). The molecular weight excluding hydrogens is 244 g/mol. The van der Waals surface area contributed by atoms with E-state index in [1.807, 2.05) is 19.4 Å². The van der Waals surface area contributed by atoms with Crippen molar-refractivity contribution in [3.05, 3.63) is 34.3 Å². The van der Waals surface area contributed by atoms with Gasteiger partial charge in [-0.1, -0.05) is 6.92 Å². The molecule has 1 N–H and O–H groups in total. The first kappa shape index (κ1) is 13.2. The van der Waals surface area contributed by atoms with Crippen molar-refractivity contribution >= 4 is 11.3 Å². The van der Waals surface area contributed by atoms with Crippen LogP contribution < -0.4 is 5.32 Å². The summed E-state index contributed by atoms with van der Waals surface area (Å²) in [5.41, 5.74) is 2.30. The molecule has 0 aliphatic heterocycles. The predicted molar refractivity (Wildman–Crippen MR) is 74.9 cm³/mol. The van der Waals surface area contributed by atoms with Crippen LogP contribution in [0.4, 0.5) is 0 Å². The fourth-order valence-corrected chi connectivity index (χ4v) is 2.75. The number of aromatic nitrogens is 3. The van der Waals surface area contributed by atoms with Gasteiger partial charge in [0.1, 0.15) is 5.01 Å². The normalized spacial score (nSPS) is 12.8. The molecular formula is C13H20N4S. The number of rotatable bonds is 6. The SMILES string of the molecule is CCCNCc1cncn1C(C)c1nc(C)cs1. The third-order valence-corrected chi connectivity index (χ3v) is 4.02. The Labute approximate surface area is 112 Å². The van der Waals surface area contributed by atoms with E-state index in [0.29, 0.717) is 0 Å². The number of nitrogens with zero attached hydrogens (tertiary/aromatic N) is 3. The molecule has 98 valence electrons. The zero-order chi connectivity index (χ0) is 13.0. The first-order valence-corrected chi connectivity index (χ1v) is 7.23. The monoisotopic (exact) mass is 264 g/mol. The van der Waals surface area contributed by atoms with Crippen molar-refractivity contribution in [1.82, 2.24) is 19.9 Å². The summed E-state index contributed by atoms with van der Waals surface area (Å²) in [6, 6.07) is 0.254. The molecule has 2 aromatic heterocycles. The molecule has 2 aromatic rings. The Balaban J connectivity index is 2.10. The first-order valence-electron chi connectivity index (χ1n) is 6.35. The Bertz CT molecular complexity index is 489. The minimum atomic E-state index is 0.254. The van der Waals surface area contributed by atoms with Gasteiger partial charge in [0, 0.05) is 23.8 Å². The molecule has 0 bridgehead atoms. The Morgan fingerprint density at radius 1 is 1.50 bits per heavy atom. The van der Waals surface area contributed by atoms with Crippen molar-refractivity contribution in [2.24, 2.45) is 0 Å². The van der Waals surface area contributed by atoms with Gasteiger partial charge in [-0.3, -0.25) is 0 Å². The molecule has 4 nitrogen and oxygen atoms in total. The molecule has 0 aliphatic rings. The van der Waals surface area contributed by atoms with E-state index < -0.39 is 0 Å². The highest BCUT2D eigenvalue weighted by Crippen LogP contribution is 2.22. The topological polar surface area (TPSA) is 42.7 Å². The van der Waals surface area contributed by atoms with Gasteiger partial charge in [0.15, 0.2) is 0 Å². The van der Waals surface area contributed by atoms with Crippen LogP contribution in [0.3, 0.4) is 0 Å². The second-order valence-electron chi connectivity index (χ2n) is 4.47. The summed E-state index contributed by atoms with van der Waals surface area (Å²) in [6.07, 6.45) is 4.97. The Morgan fingerprint density at radius 3 is 3.00 bits per heavy atom. The third-order valence-electron chi connectivity index (χ3n) is 2.89. The maximum Gasteiger partial charge on any atom is 0.115 e. The molecule has 0 saturated heterocycles. The van der Waals surface area contributed by atoms with Crippen molar-refractivity contribution in [2.45, 2.75) is 39.8 Å². The second kappa shape index (κ2) is 6.11. The standard InChI is InChI=1S/C13H20N4S/c1-4-5-14-6-12-7-15-9-17(12)11(3)13-16-10(2)8-18-13/h7-9,11,14H,4-6H2,1-3H3. The minimum Gasteiger partial charge on any atom is -0.324 e. The van der Waals surface area contributed by atoms with Crippen molar-refractivity contribution < 1.29 is 0 Å². The highest BCUT2D eigenvalue weighted by Gasteiger charge is 2.14. The van der Waals surface area contributed by atoms with Crippen LogP contribution in [-0.4, -0.2) is 21.1 Å².